The molecule has 0 spiro atoms. The van der Waals surface area contributed by atoms with Crippen LogP contribution in [0.25, 0.3) is 5.57 Å². The quantitative estimate of drug-likeness (QED) is 0.615. The van der Waals surface area contributed by atoms with Crippen molar-refractivity contribution in [2.75, 3.05) is 10.2 Å². The summed E-state index contributed by atoms with van der Waals surface area (Å²) in [6.07, 6.45) is 0. The van der Waals surface area contributed by atoms with Crippen LogP contribution in [0.3, 0.4) is 0 Å². The first-order valence-electron chi connectivity index (χ1n) is 8.62. The van der Waals surface area contributed by atoms with Crippen molar-refractivity contribution in [1.82, 2.24) is 0 Å². The molecule has 0 saturated carbocycles. The third-order valence-corrected chi connectivity index (χ3v) is 4.71. The average Bonchev–Trinajstić information content (AvgIpc) is 2.95. The number of imide groups is 1. The molecule has 0 bridgehead atoms. The lowest BCUT2D eigenvalue weighted by Crippen LogP contribution is -2.32. The number of hydrogen-bond donors (Lipinski definition) is 1. The Morgan fingerprint density at radius 2 is 1.52 bits per heavy atom. The summed E-state index contributed by atoms with van der Waals surface area (Å²) in [4.78, 5) is 27.2. The molecule has 3 aromatic carbocycles. The molecule has 1 N–H and O–H groups in total. The second-order valence-corrected chi connectivity index (χ2v) is 6.70. The predicted octanol–water partition coefficient (Wildman–Crippen LogP) is 5.01. The number of anilines is 2. The van der Waals surface area contributed by atoms with Crippen molar-refractivity contribution in [3.63, 3.8) is 0 Å². The van der Waals surface area contributed by atoms with Gasteiger partial charge in [-0.05, 0) is 48.0 Å². The van der Waals surface area contributed by atoms with Gasteiger partial charge in [-0.2, -0.15) is 0 Å². The van der Waals surface area contributed by atoms with Gasteiger partial charge in [0.2, 0.25) is 0 Å². The molecule has 4 nitrogen and oxygen atoms in total. The maximum absolute atomic E-state index is 13.5. The molecule has 3 aromatic rings. The lowest BCUT2D eigenvalue weighted by molar-refractivity contribution is -0.120. The monoisotopic (exact) mass is 410 g/mol. The zero-order valence-corrected chi connectivity index (χ0v) is 15.6. The van der Waals surface area contributed by atoms with Crippen LogP contribution >= 0.6 is 11.6 Å². The zero-order valence-electron chi connectivity index (χ0n) is 14.8. The highest BCUT2D eigenvalue weighted by atomic mass is 35.5. The lowest BCUT2D eigenvalue weighted by Gasteiger charge is -2.16. The Labute approximate surface area is 170 Å². The molecule has 0 aromatic heterocycles. The van der Waals surface area contributed by atoms with Gasteiger partial charge in [-0.3, -0.25) is 9.59 Å². The van der Waals surface area contributed by atoms with Gasteiger partial charge in [0, 0.05) is 5.69 Å². The van der Waals surface area contributed by atoms with Crippen LogP contribution in [0.1, 0.15) is 5.56 Å². The minimum Gasteiger partial charge on any atom is -0.350 e. The minimum absolute atomic E-state index is 0.0354. The van der Waals surface area contributed by atoms with Gasteiger partial charge in [0.1, 0.15) is 17.3 Å². The van der Waals surface area contributed by atoms with E-state index in [4.69, 9.17) is 11.6 Å². The van der Waals surface area contributed by atoms with Crippen molar-refractivity contribution in [2.45, 2.75) is 0 Å². The van der Waals surface area contributed by atoms with Crippen molar-refractivity contribution in [3.05, 3.63) is 101 Å². The third-order valence-electron chi connectivity index (χ3n) is 4.42. The summed E-state index contributed by atoms with van der Waals surface area (Å²) in [6.45, 7) is 0. The normalized spacial score (nSPS) is 14.0. The van der Waals surface area contributed by atoms with Crippen molar-refractivity contribution < 1.29 is 18.4 Å². The first-order valence-corrected chi connectivity index (χ1v) is 8.99. The van der Waals surface area contributed by atoms with Crippen LogP contribution < -0.4 is 10.2 Å². The van der Waals surface area contributed by atoms with E-state index in [9.17, 15) is 18.4 Å². The number of para-hydroxylation sites is 1. The molecule has 1 aliphatic heterocycles. The molecule has 7 heteroatoms. The van der Waals surface area contributed by atoms with Crippen LogP contribution in [-0.2, 0) is 9.59 Å². The molecule has 29 heavy (non-hydrogen) atoms. The number of carbonyl (C=O) groups excluding carboxylic acids is 2. The van der Waals surface area contributed by atoms with Gasteiger partial charge < -0.3 is 5.32 Å². The average molecular weight is 411 g/mol. The highest BCUT2D eigenvalue weighted by molar-refractivity contribution is 6.46. The van der Waals surface area contributed by atoms with Crippen molar-refractivity contribution in [3.8, 4) is 0 Å². The van der Waals surface area contributed by atoms with Crippen molar-refractivity contribution in [1.29, 1.82) is 0 Å². The molecule has 2 amide bonds. The number of carbonyl (C=O) groups is 2. The lowest BCUT2D eigenvalue weighted by atomic mass is 10.0. The smallest absolute Gasteiger partial charge is 0.282 e. The standard InChI is InChI=1S/C22H13ClF2N2O2/c23-17-12-16(10-11-18(17)25)27-21(28)19(13-6-8-14(24)9-7-13)20(22(27)29)26-15-4-2-1-3-5-15/h1-12,26H. The molecule has 0 unspecified atom stereocenters. The molecule has 4 rings (SSSR count). The van der Waals surface area contributed by atoms with E-state index in [0.717, 1.165) is 11.0 Å². The predicted molar refractivity (Wildman–Crippen MR) is 107 cm³/mol. The van der Waals surface area contributed by atoms with Gasteiger partial charge >= 0.3 is 0 Å². The van der Waals surface area contributed by atoms with E-state index in [1.807, 2.05) is 6.07 Å². The Kier molecular flexibility index (Phi) is 4.86. The van der Waals surface area contributed by atoms with Crippen LogP contribution in [0, 0.1) is 11.6 Å². The summed E-state index contributed by atoms with van der Waals surface area (Å²) >= 11 is 5.83. The summed E-state index contributed by atoms with van der Waals surface area (Å²) in [5.41, 5.74) is 1.23. The summed E-state index contributed by atoms with van der Waals surface area (Å²) < 4.78 is 26.9. The second kappa shape index (κ2) is 7.48. The Hall–Kier alpha value is -3.51. The second-order valence-electron chi connectivity index (χ2n) is 6.29. The van der Waals surface area contributed by atoms with Crippen molar-refractivity contribution >= 4 is 40.4 Å². The van der Waals surface area contributed by atoms with E-state index in [2.05, 4.69) is 5.32 Å². The first-order chi connectivity index (χ1) is 14.0. The molecule has 0 radical (unpaired) electrons. The van der Waals surface area contributed by atoms with Crippen LogP contribution in [0.2, 0.25) is 5.02 Å². The third kappa shape index (κ3) is 3.50. The largest absolute Gasteiger partial charge is 0.350 e. The zero-order chi connectivity index (χ0) is 20.5. The summed E-state index contributed by atoms with van der Waals surface area (Å²) in [5, 5.41) is 2.76. The Balaban J connectivity index is 1.83. The van der Waals surface area contributed by atoms with Crippen LogP contribution in [0.4, 0.5) is 20.2 Å². The number of benzene rings is 3. The SMILES string of the molecule is O=C1C(Nc2ccccc2)=C(c2ccc(F)cc2)C(=O)N1c1ccc(F)c(Cl)c1. The molecule has 1 heterocycles. The van der Waals surface area contributed by atoms with Crippen LogP contribution in [-0.4, -0.2) is 11.8 Å². The van der Waals surface area contributed by atoms with E-state index >= 15 is 0 Å². The van der Waals surface area contributed by atoms with E-state index in [-0.39, 0.29) is 22.0 Å². The molecular weight excluding hydrogens is 398 g/mol. The Morgan fingerprint density at radius 1 is 0.828 bits per heavy atom. The molecule has 144 valence electrons. The van der Waals surface area contributed by atoms with E-state index in [0.29, 0.717) is 11.3 Å². The van der Waals surface area contributed by atoms with E-state index in [1.54, 1.807) is 24.3 Å². The maximum Gasteiger partial charge on any atom is 0.282 e. The number of rotatable bonds is 4. The number of halogens is 3. The highest BCUT2D eigenvalue weighted by Crippen LogP contribution is 2.35. The summed E-state index contributed by atoms with van der Waals surface area (Å²) in [5.74, 6) is -2.38. The molecule has 0 atom stereocenters. The fourth-order valence-corrected chi connectivity index (χ4v) is 3.23. The molecule has 1 aliphatic rings. The minimum atomic E-state index is -0.663. The van der Waals surface area contributed by atoms with Gasteiger partial charge in [-0.15, -0.1) is 0 Å². The maximum atomic E-state index is 13.5. The summed E-state index contributed by atoms with van der Waals surface area (Å²) in [7, 11) is 0. The number of nitrogens with zero attached hydrogens (tertiary/aromatic N) is 1. The number of hydrogen-bond acceptors (Lipinski definition) is 3. The van der Waals surface area contributed by atoms with Gasteiger partial charge in [-0.25, -0.2) is 13.7 Å². The van der Waals surface area contributed by atoms with Crippen LogP contribution in [0.15, 0.2) is 78.5 Å². The van der Waals surface area contributed by atoms with Gasteiger partial charge in [-0.1, -0.05) is 41.9 Å². The Bertz CT molecular complexity index is 1150. The van der Waals surface area contributed by atoms with Crippen LogP contribution in [0.5, 0.6) is 0 Å². The fourth-order valence-electron chi connectivity index (χ4n) is 3.05. The molecule has 0 aliphatic carbocycles. The van der Waals surface area contributed by atoms with E-state index < -0.39 is 23.4 Å². The molecule has 0 saturated heterocycles. The van der Waals surface area contributed by atoms with E-state index in [1.165, 1.54) is 36.4 Å². The fraction of sp³-hybridized carbons (Fsp3) is 0. The highest BCUT2D eigenvalue weighted by Gasteiger charge is 2.40. The van der Waals surface area contributed by atoms with Crippen molar-refractivity contribution in [2.24, 2.45) is 0 Å². The summed E-state index contributed by atoms with van der Waals surface area (Å²) in [6, 6.07) is 17.7. The Morgan fingerprint density at radius 3 is 2.17 bits per heavy atom. The molecule has 0 fully saturated rings. The molecular formula is C22H13ClF2N2O2. The number of nitrogens with one attached hydrogen (secondary N) is 1. The van der Waals surface area contributed by atoms with Gasteiger partial charge in [0.15, 0.2) is 0 Å². The number of amides is 2. The van der Waals surface area contributed by atoms with Gasteiger partial charge in [0.05, 0.1) is 16.3 Å². The topological polar surface area (TPSA) is 49.4 Å². The van der Waals surface area contributed by atoms with Gasteiger partial charge in [0.25, 0.3) is 11.8 Å². The first kappa shape index (κ1) is 18.8.